The van der Waals surface area contributed by atoms with Crippen molar-refractivity contribution in [1.29, 1.82) is 0 Å². The first kappa shape index (κ1) is 15.6. The van der Waals surface area contributed by atoms with Gasteiger partial charge in [-0.1, -0.05) is 5.11 Å². The monoisotopic (exact) mass is 270 g/mol. The number of carbonyl (C=O) groups excluding carboxylic acids is 1. The van der Waals surface area contributed by atoms with Crippen LogP contribution in [0.25, 0.3) is 10.4 Å². The van der Waals surface area contributed by atoms with Crippen LogP contribution in [-0.4, -0.2) is 47.4 Å². The van der Waals surface area contributed by atoms with Gasteiger partial charge in [0.05, 0.1) is 12.6 Å². The highest BCUT2D eigenvalue weighted by atomic mass is 16.6. The molecule has 0 unspecified atom stereocenters. The summed E-state index contributed by atoms with van der Waals surface area (Å²) < 4.78 is 5.31. The zero-order valence-electron chi connectivity index (χ0n) is 11.7. The summed E-state index contributed by atoms with van der Waals surface area (Å²) in [7, 11) is 0. The van der Waals surface area contributed by atoms with Crippen molar-refractivity contribution in [2.45, 2.75) is 45.3 Å². The maximum absolute atomic E-state index is 11.9. The predicted molar refractivity (Wildman–Crippen MR) is 70.6 cm³/mol. The van der Waals surface area contributed by atoms with Crippen LogP contribution in [-0.2, 0) is 4.74 Å². The Labute approximate surface area is 113 Å². The molecule has 1 aliphatic rings. The second-order valence-corrected chi connectivity index (χ2v) is 5.81. The zero-order valence-corrected chi connectivity index (χ0v) is 11.7. The van der Waals surface area contributed by atoms with E-state index < -0.39 is 11.7 Å². The Morgan fingerprint density at radius 2 is 2.32 bits per heavy atom. The Bertz CT molecular complexity index is 360. The van der Waals surface area contributed by atoms with Crippen LogP contribution in [0.15, 0.2) is 5.11 Å². The van der Waals surface area contributed by atoms with Gasteiger partial charge in [-0.15, -0.1) is 0 Å². The van der Waals surface area contributed by atoms with E-state index in [0.29, 0.717) is 13.1 Å². The highest BCUT2D eigenvalue weighted by Crippen LogP contribution is 2.22. The van der Waals surface area contributed by atoms with E-state index in [4.69, 9.17) is 10.3 Å². The van der Waals surface area contributed by atoms with Crippen LogP contribution in [0, 0.1) is 5.92 Å². The molecule has 0 bridgehead atoms. The standard InChI is InChI=1S/C12H22N4O3/c1-12(2,3)19-11(18)16-6-4-5-9(8-16)10(17)7-14-15-13/h9-10,17H,4-8H2,1-3H3/t9-,10+/m1/s1. The molecule has 2 atom stereocenters. The molecular formula is C12H22N4O3. The molecule has 7 heteroatoms. The van der Waals surface area contributed by atoms with Crippen molar-refractivity contribution in [2.75, 3.05) is 19.6 Å². The van der Waals surface area contributed by atoms with Gasteiger partial charge < -0.3 is 14.7 Å². The second kappa shape index (κ2) is 6.63. The number of rotatable bonds is 3. The Balaban J connectivity index is 2.54. The van der Waals surface area contributed by atoms with Crippen LogP contribution in [0.3, 0.4) is 0 Å². The summed E-state index contributed by atoms with van der Waals surface area (Å²) in [6, 6.07) is 0. The van der Waals surface area contributed by atoms with E-state index in [-0.39, 0.29) is 18.6 Å². The number of hydrogen-bond acceptors (Lipinski definition) is 4. The average Bonchev–Trinajstić information content (AvgIpc) is 2.34. The number of aliphatic hydroxyl groups excluding tert-OH is 1. The van der Waals surface area contributed by atoms with E-state index in [1.54, 1.807) is 4.90 Å². The lowest BCUT2D eigenvalue weighted by Crippen LogP contribution is -2.46. The number of azide groups is 1. The topological polar surface area (TPSA) is 98.5 Å². The van der Waals surface area contributed by atoms with Crippen LogP contribution in [0.5, 0.6) is 0 Å². The van der Waals surface area contributed by atoms with E-state index in [1.807, 2.05) is 20.8 Å². The Kier molecular flexibility index (Phi) is 5.44. The largest absolute Gasteiger partial charge is 0.444 e. The van der Waals surface area contributed by atoms with Crippen LogP contribution >= 0.6 is 0 Å². The zero-order chi connectivity index (χ0) is 14.5. The molecule has 1 fully saturated rings. The van der Waals surface area contributed by atoms with Crippen LogP contribution in [0.2, 0.25) is 0 Å². The molecule has 0 aromatic heterocycles. The molecule has 1 rings (SSSR count). The van der Waals surface area contributed by atoms with E-state index in [0.717, 1.165) is 12.8 Å². The third-order valence-electron chi connectivity index (χ3n) is 2.99. The van der Waals surface area contributed by atoms with Crippen molar-refractivity contribution in [1.82, 2.24) is 4.90 Å². The van der Waals surface area contributed by atoms with Gasteiger partial charge in [-0.05, 0) is 39.1 Å². The molecule has 1 N–H and O–H groups in total. The number of carbonyl (C=O) groups is 1. The summed E-state index contributed by atoms with van der Waals surface area (Å²) in [5.41, 5.74) is 7.72. The molecule has 0 aromatic rings. The number of likely N-dealkylation sites (tertiary alicyclic amines) is 1. The molecule has 19 heavy (non-hydrogen) atoms. The fourth-order valence-electron chi connectivity index (χ4n) is 2.09. The molecule has 0 saturated carbocycles. The summed E-state index contributed by atoms with van der Waals surface area (Å²) in [4.78, 5) is 16.2. The molecule has 1 heterocycles. The van der Waals surface area contributed by atoms with Crippen molar-refractivity contribution >= 4 is 6.09 Å². The lowest BCUT2D eigenvalue weighted by atomic mass is 9.93. The second-order valence-electron chi connectivity index (χ2n) is 5.81. The van der Waals surface area contributed by atoms with Gasteiger partial charge in [0.25, 0.3) is 0 Å². The summed E-state index contributed by atoms with van der Waals surface area (Å²) in [6.07, 6.45) is 0.577. The molecular weight excluding hydrogens is 248 g/mol. The smallest absolute Gasteiger partial charge is 0.410 e. The first-order valence-corrected chi connectivity index (χ1v) is 6.50. The lowest BCUT2D eigenvalue weighted by Gasteiger charge is -2.35. The summed E-state index contributed by atoms with van der Waals surface area (Å²) in [6.45, 7) is 6.59. The SMILES string of the molecule is CC(C)(C)OC(=O)N1CCC[C@@H]([C@@H](O)CN=[N+]=[N-])C1. The lowest BCUT2D eigenvalue weighted by molar-refractivity contribution is 0.00417. The number of piperidine rings is 1. The summed E-state index contributed by atoms with van der Waals surface area (Å²) in [5.74, 6) is -0.0632. The maximum Gasteiger partial charge on any atom is 0.410 e. The molecule has 1 aliphatic heterocycles. The van der Waals surface area contributed by atoms with Crippen molar-refractivity contribution < 1.29 is 14.6 Å². The minimum Gasteiger partial charge on any atom is -0.444 e. The van der Waals surface area contributed by atoms with Gasteiger partial charge in [0.15, 0.2) is 0 Å². The average molecular weight is 270 g/mol. The molecule has 1 amide bonds. The Morgan fingerprint density at radius 3 is 2.89 bits per heavy atom. The van der Waals surface area contributed by atoms with E-state index >= 15 is 0 Å². The maximum atomic E-state index is 11.9. The first-order valence-electron chi connectivity index (χ1n) is 6.50. The summed E-state index contributed by atoms with van der Waals surface area (Å²) >= 11 is 0. The minimum absolute atomic E-state index is 0.0450. The number of ether oxygens (including phenoxy) is 1. The highest BCUT2D eigenvalue weighted by molar-refractivity contribution is 5.68. The third kappa shape index (κ3) is 5.36. The Morgan fingerprint density at radius 1 is 1.63 bits per heavy atom. The molecule has 1 saturated heterocycles. The van der Waals surface area contributed by atoms with E-state index in [2.05, 4.69) is 10.0 Å². The van der Waals surface area contributed by atoms with Crippen molar-refractivity contribution in [2.24, 2.45) is 11.0 Å². The number of nitrogens with zero attached hydrogens (tertiary/aromatic N) is 4. The van der Waals surface area contributed by atoms with E-state index in [1.165, 1.54) is 0 Å². The molecule has 7 nitrogen and oxygen atoms in total. The van der Waals surface area contributed by atoms with Gasteiger partial charge in [0, 0.05) is 23.9 Å². The fraction of sp³-hybridized carbons (Fsp3) is 0.917. The van der Waals surface area contributed by atoms with Crippen molar-refractivity contribution in [3.8, 4) is 0 Å². The minimum atomic E-state index is -0.707. The number of amides is 1. The molecule has 0 aromatic carbocycles. The molecule has 0 spiro atoms. The quantitative estimate of drug-likeness (QED) is 0.484. The third-order valence-corrected chi connectivity index (χ3v) is 2.99. The van der Waals surface area contributed by atoms with Crippen molar-refractivity contribution in [3.05, 3.63) is 10.4 Å². The Hall–Kier alpha value is -1.46. The highest BCUT2D eigenvalue weighted by Gasteiger charge is 2.30. The first-order chi connectivity index (χ1) is 8.83. The van der Waals surface area contributed by atoms with Gasteiger partial charge in [-0.25, -0.2) is 4.79 Å². The van der Waals surface area contributed by atoms with Crippen LogP contribution in [0.4, 0.5) is 4.79 Å². The number of hydrogen-bond donors (Lipinski definition) is 1. The van der Waals surface area contributed by atoms with Gasteiger partial charge in [-0.2, -0.15) is 0 Å². The van der Waals surface area contributed by atoms with Crippen LogP contribution < -0.4 is 0 Å². The van der Waals surface area contributed by atoms with Gasteiger partial charge in [0.1, 0.15) is 5.60 Å². The predicted octanol–water partition coefficient (Wildman–Crippen LogP) is 2.30. The van der Waals surface area contributed by atoms with Crippen molar-refractivity contribution in [3.63, 3.8) is 0 Å². The van der Waals surface area contributed by atoms with E-state index in [9.17, 15) is 9.90 Å². The molecule has 108 valence electrons. The van der Waals surface area contributed by atoms with Gasteiger partial charge in [-0.3, -0.25) is 0 Å². The number of aliphatic hydroxyl groups is 1. The molecule has 0 aliphatic carbocycles. The van der Waals surface area contributed by atoms with Gasteiger partial charge in [0.2, 0.25) is 0 Å². The molecule has 0 radical (unpaired) electrons. The van der Waals surface area contributed by atoms with Crippen LogP contribution in [0.1, 0.15) is 33.6 Å². The fourth-order valence-corrected chi connectivity index (χ4v) is 2.09. The normalized spacial score (nSPS) is 21.5. The summed E-state index contributed by atoms with van der Waals surface area (Å²) in [5, 5.41) is 13.3. The van der Waals surface area contributed by atoms with Gasteiger partial charge >= 0.3 is 6.09 Å².